The average Bonchev–Trinajstić information content (AvgIpc) is 2.95. The molecule has 2 radical (unpaired) electrons. The number of hydrogen-bond acceptors (Lipinski definition) is 2. The molecule has 4 heteroatoms. The van der Waals surface area contributed by atoms with Crippen LogP contribution in [0.3, 0.4) is 0 Å². The van der Waals surface area contributed by atoms with E-state index in [1.807, 2.05) is 71.6 Å². The van der Waals surface area contributed by atoms with E-state index in [9.17, 15) is 4.79 Å². The second-order valence-electron chi connectivity index (χ2n) is 6.10. The Labute approximate surface area is 148 Å². The van der Waals surface area contributed by atoms with Gasteiger partial charge in [0, 0.05) is 18.7 Å². The summed E-state index contributed by atoms with van der Waals surface area (Å²) in [5, 5.41) is 0. The summed E-state index contributed by atoms with van der Waals surface area (Å²) in [6, 6.07) is 23.1. The smallest absolute Gasteiger partial charge is 0.254 e. The van der Waals surface area contributed by atoms with Crippen LogP contribution in [0.15, 0.2) is 72.8 Å². The molecule has 0 fully saturated rings. The molecule has 0 aliphatic carbocycles. The number of fused-ring (bicyclic) bond motifs is 1. The third kappa shape index (κ3) is 3.16. The molecule has 1 aliphatic heterocycles. The van der Waals surface area contributed by atoms with Crippen LogP contribution < -0.4 is 10.2 Å². The van der Waals surface area contributed by atoms with Crippen LogP contribution in [-0.4, -0.2) is 18.7 Å². The summed E-state index contributed by atoms with van der Waals surface area (Å²) in [4.78, 5) is 14.4. The Morgan fingerprint density at radius 3 is 2.32 bits per heavy atom. The molecule has 1 heterocycles. The van der Waals surface area contributed by atoms with Crippen LogP contribution in [0, 0.1) is 0 Å². The maximum atomic E-state index is 12.6. The summed E-state index contributed by atoms with van der Waals surface area (Å²) in [6.07, 6.45) is 0. The zero-order chi connectivity index (χ0) is 17.2. The summed E-state index contributed by atoms with van der Waals surface area (Å²) in [7, 11) is 5.95. The largest absolute Gasteiger partial charge is 0.457 e. The minimum Gasteiger partial charge on any atom is -0.457 e. The van der Waals surface area contributed by atoms with E-state index in [4.69, 9.17) is 12.6 Å². The first-order valence-corrected chi connectivity index (χ1v) is 8.19. The molecule has 3 aromatic rings. The van der Waals surface area contributed by atoms with Gasteiger partial charge in [-0.25, -0.2) is 0 Å². The Morgan fingerprint density at radius 2 is 1.60 bits per heavy atom. The molecule has 0 aromatic heterocycles. The predicted octanol–water partition coefficient (Wildman–Crippen LogP) is 3.43. The zero-order valence-corrected chi connectivity index (χ0v) is 13.7. The van der Waals surface area contributed by atoms with Crippen molar-refractivity contribution in [3.05, 3.63) is 89.5 Å². The molecule has 0 saturated heterocycles. The van der Waals surface area contributed by atoms with Crippen molar-refractivity contribution in [1.29, 1.82) is 0 Å². The van der Waals surface area contributed by atoms with Crippen molar-refractivity contribution >= 4 is 19.2 Å². The van der Waals surface area contributed by atoms with Crippen LogP contribution in [0.1, 0.15) is 21.5 Å². The highest BCUT2D eigenvalue weighted by molar-refractivity contribution is 6.37. The second kappa shape index (κ2) is 6.48. The molecule has 3 nitrogen and oxygen atoms in total. The van der Waals surface area contributed by atoms with Crippen LogP contribution in [0.5, 0.6) is 11.5 Å². The van der Waals surface area contributed by atoms with Crippen LogP contribution in [0.25, 0.3) is 0 Å². The molecule has 1 aliphatic rings. The summed E-state index contributed by atoms with van der Waals surface area (Å²) in [5.74, 6) is 1.57. The molecule has 25 heavy (non-hydrogen) atoms. The van der Waals surface area contributed by atoms with Crippen molar-refractivity contribution < 1.29 is 9.53 Å². The Balaban J connectivity index is 1.46. The SMILES string of the molecule is [B]c1cccc2c1C(=O)N(Cc1ccc(Oc3ccccc3)cc1)C2. The van der Waals surface area contributed by atoms with Gasteiger partial charge in [0.05, 0.1) is 0 Å². The van der Waals surface area contributed by atoms with Crippen LogP contribution in [0.4, 0.5) is 0 Å². The Kier molecular flexibility index (Phi) is 4.02. The fourth-order valence-corrected chi connectivity index (χ4v) is 3.08. The highest BCUT2D eigenvalue weighted by Crippen LogP contribution is 2.25. The van der Waals surface area contributed by atoms with E-state index in [0.717, 1.165) is 22.6 Å². The molecule has 0 spiro atoms. The van der Waals surface area contributed by atoms with E-state index < -0.39 is 0 Å². The van der Waals surface area contributed by atoms with Gasteiger partial charge in [0.25, 0.3) is 5.91 Å². The van der Waals surface area contributed by atoms with Gasteiger partial charge in [0.2, 0.25) is 0 Å². The van der Waals surface area contributed by atoms with Crippen LogP contribution >= 0.6 is 0 Å². The lowest BCUT2D eigenvalue weighted by atomic mass is 9.89. The van der Waals surface area contributed by atoms with Gasteiger partial charge >= 0.3 is 0 Å². The average molecular weight is 325 g/mol. The first-order valence-electron chi connectivity index (χ1n) is 8.19. The molecule has 0 atom stereocenters. The summed E-state index contributed by atoms with van der Waals surface area (Å²) in [6.45, 7) is 1.15. The van der Waals surface area contributed by atoms with Gasteiger partial charge in [-0.3, -0.25) is 4.79 Å². The highest BCUT2D eigenvalue weighted by atomic mass is 16.5. The lowest BCUT2D eigenvalue weighted by molar-refractivity contribution is 0.0767. The molecule has 1 amide bonds. The number of carbonyl (C=O) groups is 1. The number of hydrogen-bond donors (Lipinski definition) is 0. The quantitative estimate of drug-likeness (QED) is 0.688. The van der Waals surface area contributed by atoms with Crippen molar-refractivity contribution in [2.75, 3.05) is 0 Å². The molecule has 4 rings (SSSR count). The molecule has 120 valence electrons. The van der Waals surface area contributed by atoms with Crippen molar-refractivity contribution in [3.63, 3.8) is 0 Å². The van der Waals surface area contributed by atoms with E-state index in [1.165, 1.54) is 0 Å². The minimum absolute atomic E-state index is 0.00212. The molecule has 0 bridgehead atoms. The van der Waals surface area contributed by atoms with Gasteiger partial charge in [-0.15, -0.1) is 0 Å². The fraction of sp³-hybridized carbons (Fsp3) is 0.0952. The van der Waals surface area contributed by atoms with Crippen LogP contribution in [-0.2, 0) is 13.1 Å². The number of ether oxygens (including phenoxy) is 1. The molecular formula is C21H16BNO2. The highest BCUT2D eigenvalue weighted by Gasteiger charge is 2.28. The number of nitrogens with zero attached hydrogens (tertiary/aromatic N) is 1. The first-order chi connectivity index (χ1) is 12.2. The van der Waals surface area contributed by atoms with Gasteiger partial charge in [0.15, 0.2) is 0 Å². The lowest BCUT2D eigenvalue weighted by Crippen LogP contribution is -2.26. The summed E-state index contributed by atoms with van der Waals surface area (Å²) < 4.78 is 5.79. The van der Waals surface area contributed by atoms with Gasteiger partial charge in [0.1, 0.15) is 19.3 Å². The number of benzene rings is 3. The molecule has 0 saturated carbocycles. The van der Waals surface area contributed by atoms with E-state index in [-0.39, 0.29) is 5.91 Å². The molecule has 0 unspecified atom stereocenters. The second-order valence-corrected chi connectivity index (χ2v) is 6.10. The minimum atomic E-state index is -0.00212. The summed E-state index contributed by atoms with van der Waals surface area (Å²) in [5.41, 5.74) is 3.25. The van der Waals surface area contributed by atoms with Crippen LogP contribution in [0.2, 0.25) is 0 Å². The molecule has 0 N–H and O–H groups in total. The Bertz CT molecular complexity index is 907. The van der Waals surface area contributed by atoms with E-state index in [2.05, 4.69) is 0 Å². The van der Waals surface area contributed by atoms with Crippen molar-refractivity contribution in [3.8, 4) is 11.5 Å². The van der Waals surface area contributed by atoms with Gasteiger partial charge in [-0.1, -0.05) is 54.0 Å². The standard InChI is InChI=1S/C21H16BNO2/c22-19-8-4-5-16-14-23(21(24)20(16)19)13-15-9-11-18(12-10-15)25-17-6-2-1-3-7-17/h1-12H,13-14H2. The lowest BCUT2D eigenvalue weighted by Gasteiger charge is -2.16. The van der Waals surface area contributed by atoms with Gasteiger partial charge < -0.3 is 9.64 Å². The molecular weight excluding hydrogens is 309 g/mol. The Morgan fingerprint density at radius 1 is 0.880 bits per heavy atom. The molecule has 3 aromatic carbocycles. The Hall–Kier alpha value is -3.01. The van der Waals surface area contributed by atoms with Gasteiger partial charge in [-0.05, 0) is 35.4 Å². The normalized spacial score (nSPS) is 13.0. The van der Waals surface area contributed by atoms with Gasteiger partial charge in [-0.2, -0.15) is 0 Å². The maximum absolute atomic E-state index is 12.6. The zero-order valence-electron chi connectivity index (χ0n) is 13.7. The third-order valence-electron chi connectivity index (χ3n) is 4.32. The van der Waals surface area contributed by atoms with E-state index >= 15 is 0 Å². The first kappa shape index (κ1) is 15.5. The number of para-hydroxylation sites is 1. The van der Waals surface area contributed by atoms with Crippen molar-refractivity contribution in [2.45, 2.75) is 13.1 Å². The number of carbonyl (C=O) groups excluding carboxylic acids is 1. The summed E-state index contributed by atoms with van der Waals surface area (Å²) >= 11 is 0. The monoisotopic (exact) mass is 325 g/mol. The van der Waals surface area contributed by atoms with Crippen molar-refractivity contribution in [1.82, 2.24) is 4.90 Å². The number of rotatable bonds is 4. The van der Waals surface area contributed by atoms with Crippen molar-refractivity contribution in [2.24, 2.45) is 0 Å². The fourth-order valence-electron chi connectivity index (χ4n) is 3.08. The van der Waals surface area contributed by atoms with E-state index in [1.54, 1.807) is 6.07 Å². The number of amides is 1. The van der Waals surface area contributed by atoms with E-state index in [0.29, 0.717) is 24.1 Å². The topological polar surface area (TPSA) is 29.5 Å². The predicted molar refractivity (Wildman–Crippen MR) is 98.4 cm³/mol. The maximum Gasteiger partial charge on any atom is 0.254 e. The third-order valence-corrected chi connectivity index (χ3v) is 4.32.